The van der Waals surface area contributed by atoms with Crippen molar-refractivity contribution < 1.29 is 47.6 Å². The molecule has 0 saturated carbocycles. The maximum atomic E-state index is 12.7. The van der Waals surface area contributed by atoms with Crippen LogP contribution in [-0.4, -0.2) is 136 Å². The van der Waals surface area contributed by atoms with E-state index in [1.54, 1.807) is 24.3 Å². The fourth-order valence-electron chi connectivity index (χ4n) is 5.44. The molecule has 0 aliphatic carbocycles. The van der Waals surface area contributed by atoms with E-state index in [4.69, 9.17) is 28.4 Å². The van der Waals surface area contributed by atoms with Crippen LogP contribution in [-0.2, 0) is 34.8 Å². The molecule has 16 nitrogen and oxygen atoms in total. The summed E-state index contributed by atoms with van der Waals surface area (Å²) in [5.74, 6) is 0. The predicted octanol–water partition coefficient (Wildman–Crippen LogP) is 4.56. The summed E-state index contributed by atoms with van der Waals surface area (Å²) < 4.78 is 33.0. The van der Waals surface area contributed by atoms with Crippen molar-refractivity contribution in [2.45, 2.75) is 46.3 Å². The molecule has 0 unspecified atom stereocenters. The third kappa shape index (κ3) is 12.3. The molecule has 2 heterocycles. The van der Waals surface area contributed by atoms with Crippen LogP contribution in [0.2, 0.25) is 0 Å². The van der Waals surface area contributed by atoms with Crippen molar-refractivity contribution in [2.75, 3.05) is 90.2 Å². The zero-order valence-electron chi connectivity index (χ0n) is 29.8. The smallest absolute Gasteiger partial charge is 0.412 e. The van der Waals surface area contributed by atoms with Crippen molar-refractivity contribution in [3.05, 3.63) is 59.7 Å². The quantitative estimate of drug-likeness (QED) is 0.224. The van der Waals surface area contributed by atoms with E-state index in [1.807, 2.05) is 52.0 Å². The fraction of sp³-hybridized carbons (Fsp3) is 0.543. The third-order valence-electron chi connectivity index (χ3n) is 7.94. The second kappa shape index (κ2) is 20.3. The monoisotopic (exact) mass is 714 g/mol. The lowest BCUT2D eigenvalue weighted by atomic mass is 10.0. The van der Waals surface area contributed by atoms with E-state index in [2.05, 4.69) is 10.6 Å². The first-order valence-electron chi connectivity index (χ1n) is 17.2. The highest BCUT2D eigenvalue weighted by atomic mass is 16.6. The van der Waals surface area contributed by atoms with Gasteiger partial charge in [-0.25, -0.2) is 19.2 Å². The van der Waals surface area contributed by atoms with E-state index in [9.17, 15) is 19.2 Å². The molecule has 0 aromatic heterocycles. The summed E-state index contributed by atoms with van der Waals surface area (Å²) >= 11 is 0. The largest absolute Gasteiger partial charge is 0.442 e. The normalized spacial score (nSPS) is 15.7. The van der Waals surface area contributed by atoms with Crippen LogP contribution in [0.3, 0.4) is 0 Å². The number of ether oxygens (including phenoxy) is 6. The van der Waals surface area contributed by atoms with Gasteiger partial charge < -0.3 is 28.4 Å². The molecule has 4 rings (SSSR count). The molecule has 51 heavy (non-hydrogen) atoms. The Hall–Kier alpha value is -4.64. The number of rotatable bonds is 18. The van der Waals surface area contributed by atoms with Crippen LogP contribution in [0.15, 0.2) is 48.5 Å². The Bertz CT molecular complexity index is 1270. The number of urea groups is 2. The molecule has 2 aromatic rings. The third-order valence-corrected chi connectivity index (χ3v) is 7.94. The van der Waals surface area contributed by atoms with Gasteiger partial charge in [0.15, 0.2) is 0 Å². The Morgan fingerprint density at radius 3 is 1.12 bits per heavy atom. The van der Waals surface area contributed by atoms with Crippen molar-refractivity contribution in [1.82, 2.24) is 19.6 Å². The Morgan fingerprint density at radius 2 is 0.843 bits per heavy atom. The van der Waals surface area contributed by atoms with E-state index in [1.165, 1.54) is 19.6 Å². The topological polar surface area (TPSA) is 161 Å². The van der Waals surface area contributed by atoms with E-state index < -0.39 is 24.4 Å². The minimum Gasteiger partial charge on any atom is -0.442 e. The Morgan fingerprint density at radius 1 is 0.549 bits per heavy atom. The average molecular weight is 715 g/mol. The molecule has 2 saturated heterocycles. The average Bonchev–Trinajstić information content (AvgIpc) is 3.12. The number of hydrogen-bond donors (Lipinski definition) is 2. The van der Waals surface area contributed by atoms with Crippen LogP contribution in [0.5, 0.6) is 0 Å². The van der Waals surface area contributed by atoms with Crippen LogP contribution in [0.4, 0.5) is 30.6 Å². The summed E-state index contributed by atoms with van der Waals surface area (Å²) in [6, 6.07) is 14.3. The Balaban J connectivity index is 1.24. The molecule has 2 fully saturated rings. The number of nitrogens with one attached hydrogen (secondary N) is 2. The number of carbonyl (C=O) groups excluding carboxylic acids is 4. The molecule has 16 heteroatoms. The summed E-state index contributed by atoms with van der Waals surface area (Å²) in [5, 5.41) is 5.51. The van der Waals surface area contributed by atoms with Gasteiger partial charge in [0, 0.05) is 37.8 Å². The number of carbonyl (C=O) groups is 4. The lowest BCUT2D eigenvalue weighted by Gasteiger charge is -2.38. The molecule has 2 aromatic carbocycles. The second-order valence-corrected chi connectivity index (χ2v) is 11.8. The van der Waals surface area contributed by atoms with E-state index in [0.29, 0.717) is 44.2 Å². The van der Waals surface area contributed by atoms with Gasteiger partial charge in [0.2, 0.25) is 0 Å². The van der Waals surface area contributed by atoms with Crippen molar-refractivity contribution in [1.29, 1.82) is 0 Å². The molecule has 0 bridgehead atoms. The molecule has 0 spiro atoms. The van der Waals surface area contributed by atoms with Crippen LogP contribution in [0.25, 0.3) is 0 Å². The highest BCUT2D eigenvalue weighted by molar-refractivity contribution is 5.85. The first kappa shape index (κ1) is 39.2. The number of benzene rings is 2. The highest BCUT2D eigenvalue weighted by Gasteiger charge is 2.35. The second-order valence-electron chi connectivity index (χ2n) is 11.8. The molecular weight excluding hydrogens is 664 g/mol. The number of hydrogen-bond acceptors (Lipinski definition) is 10. The molecule has 0 atom stereocenters. The lowest BCUT2D eigenvalue weighted by Crippen LogP contribution is -2.57. The number of amides is 6. The highest BCUT2D eigenvalue weighted by Crippen LogP contribution is 2.19. The molecular formula is C35H50N6O10. The van der Waals surface area contributed by atoms with Gasteiger partial charge in [-0.2, -0.15) is 0 Å². The summed E-state index contributed by atoms with van der Waals surface area (Å²) in [4.78, 5) is 56.9. The summed E-state index contributed by atoms with van der Waals surface area (Å²) in [6.45, 7) is 10.4. The molecule has 2 N–H and O–H groups in total. The van der Waals surface area contributed by atoms with Gasteiger partial charge in [-0.3, -0.25) is 30.2 Å². The molecule has 280 valence electrons. The predicted molar refractivity (Wildman–Crippen MR) is 187 cm³/mol. The van der Waals surface area contributed by atoms with E-state index in [-0.39, 0.29) is 65.2 Å². The van der Waals surface area contributed by atoms with E-state index >= 15 is 0 Å². The number of anilines is 2. The summed E-state index contributed by atoms with van der Waals surface area (Å²) in [5.41, 5.74) is 3.15. The van der Waals surface area contributed by atoms with Gasteiger partial charge >= 0.3 is 24.2 Å². The minimum atomic E-state index is -0.626. The van der Waals surface area contributed by atoms with Crippen LogP contribution < -0.4 is 10.6 Å². The maximum Gasteiger partial charge on any atom is 0.412 e. The Kier molecular flexibility index (Phi) is 15.6. The van der Waals surface area contributed by atoms with E-state index in [0.717, 1.165) is 11.1 Å². The first-order chi connectivity index (χ1) is 24.7. The standard InChI is InChI=1S/C35H50N6O10/c1-5-46-22-38-18-30(19-39(34(38)44)23-47-6-2)50-32(42)36-28-13-9-26(10-14-28)17-27-11-15-29(16-12-27)37-33(43)51-31-20-40(24-48-7-3)35(45)41(21-31)25-49-8-4/h9-16,30-31H,5-8,17-25H2,1-4H3,(H,36,42)(H,37,43). The van der Waals surface area contributed by atoms with Crippen LogP contribution in [0.1, 0.15) is 38.8 Å². The maximum absolute atomic E-state index is 12.7. The van der Waals surface area contributed by atoms with Crippen molar-refractivity contribution in [2.24, 2.45) is 0 Å². The van der Waals surface area contributed by atoms with Gasteiger partial charge in [-0.05, 0) is 69.5 Å². The van der Waals surface area contributed by atoms with Gasteiger partial charge in [0.25, 0.3) is 0 Å². The zero-order valence-corrected chi connectivity index (χ0v) is 29.8. The minimum absolute atomic E-state index is 0.0978. The lowest BCUT2D eigenvalue weighted by molar-refractivity contribution is -0.0422. The first-order valence-corrected chi connectivity index (χ1v) is 17.2. The fourth-order valence-corrected chi connectivity index (χ4v) is 5.44. The summed E-state index contributed by atoms with van der Waals surface area (Å²) in [7, 11) is 0. The van der Waals surface area contributed by atoms with Crippen molar-refractivity contribution >= 4 is 35.6 Å². The van der Waals surface area contributed by atoms with Crippen LogP contribution in [0, 0.1) is 0 Å². The molecule has 2 aliphatic heterocycles. The van der Waals surface area contributed by atoms with Gasteiger partial charge in [0.05, 0.1) is 26.2 Å². The van der Waals surface area contributed by atoms with Crippen molar-refractivity contribution in [3.63, 3.8) is 0 Å². The molecule has 2 aliphatic rings. The SMILES string of the molecule is CCOCN1CC(OC(=O)Nc2ccc(Cc3ccc(NC(=O)OC4CN(COCC)C(=O)N(COCC)C4)cc3)cc2)CN(COCC)C1=O. The Labute approximate surface area is 298 Å². The van der Waals surface area contributed by atoms with Gasteiger partial charge in [-0.1, -0.05) is 24.3 Å². The molecule has 0 radical (unpaired) electrons. The van der Waals surface area contributed by atoms with Crippen LogP contribution >= 0.6 is 0 Å². The number of nitrogens with zero attached hydrogens (tertiary/aromatic N) is 4. The molecule has 6 amide bonds. The summed E-state index contributed by atoms with van der Waals surface area (Å²) in [6.07, 6.45) is -1.75. The van der Waals surface area contributed by atoms with Gasteiger partial charge in [-0.15, -0.1) is 0 Å². The van der Waals surface area contributed by atoms with Gasteiger partial charge in [0.1, 0.15) is 39.1 Å². The zero-order chi connectivity index (χ0) is 36.6. The van der Waals surface area contributed by atoms with Crippen molar-refractivity contribution in [3.8, 4) is 0 Å².